The van der Waals surface area contributed by atoms with Crippen molar-refractivity contribution in [3.8, 4) is 0 Å². The lowest BCUT2D eigenvalue weighted by Gasteiger charge is -2.38. The van der Waals surface area contributed by atoms with Crippen molar-refractivity contribution in [2.75, 3.05) is 29.5 Å². The summed E-state index contributed by atoms with van der Waals surface area (Å²) >= 11 is 0. The topological polar surface area (TPSA) is 114 Å². The van der Waals surface area contributed by atoms with E-state index in [0.29, 0.717) is 25.1 Å². The zero-order chi connectivity index (χ0) is 18.2. The van der Waals surface area contributed by atoms with E-state index in [9.17, 15) is 13.2 Å². The Hall–Kier alpha value is -2.23. The summed E-state index contributed by atoms with van der Waals surface area (Å²) in [5, 5.41) is 6.79. The molecule has 0 saturated carbocycles. The molecule has 0 aliphatic carbocycles. The molecular weight excluding hydrogens is 358 g/mol. The number of rotatable bonds is 3. The average molecular weight is 379 g/mol. The van der Waals surface area contributed by atoms with Crippen LogP contribution >= 0.6 is 0 Å². The monoisotopic (exact) mass is 379 g/mol. The normalized spacial score (nSPS) is 30.1. The van der Waals surface area contributed by atoms with Crippen molar-refractivity contribution < 1.29 is 18.0 Å². The molecule has 2 atom stereocenters. The largest absolute Gasteiger partial charge is 0.386 e. The maximum absolute atomic E-state index is 12.4. The van der Waals surface area contributed by atoms with Gasteiger partial charge < -0.3 is 15.1 Å². The summed E-state index contributed by atoms with van der Waals surface area (Å²) in [6.45, 7) is 1.44. The SMILES string of the molecule is O=C(N[C@H]1CCS(=O)(=O)C1)C1=NO[C@@]2(CCCN(c3cnccn3)C2)C1. The van der Waals surface area contributed by atoms with Gasteiger partial charge in [0, 0.05) is 31.4 Å². The van der Waals surface area contributed by atoms with Gasteiger partial charge in [0.25, 0.3) is 5.91 Å². The van der Waals surface area contributed by atoms with Crippen molar-refractivity contribution in [2.24, 2.45) is 5.16 Å². The molecule has 3 aliphatic rings. The molecule has 4 rings (SSSR count). The minimum absolute atomic E-state index is 0.00151. The first-order valence-electron chi connectivity index (χ1n) is 8.72. The van der Waals surface area contributed by atoms with E-state index in [1.807, 2.05) is 0 Å². The minimum Gasteiger partial charge on any atom is -0.386 e. The molecule has 2 fully saturated rings. The smallest absolute Gasteiger partial charge is 0.269 e. The number of hydrogen-bond donors (Lipinski definition) is 1. The zero-order valence-corrected chi connectivity index (χ0v) is 15.1. The molecule has 0 bridgehead atoms. The number of nitrogens with zero attached hydrogens (tertiary/aromatic N) is 4. The van der Waals surface area contributed by atoms with Crippen LogP contribution in [0, 0.1) is 0 Å². The molecule has 0 aromatic carbocycles. The highest BCUT2D eigenvalue weighted by atomic mass is 32.2. The van der Waals surface area contributed by atoms with E-state index in [-0.39, 0.29) is 23.5 Å². The van der Waals surface area contributed by atoms with Gasteiger partial charge in [0.1, 0.15) is 11.5 Å². The van der Waals surface area contributed by atoms with E-state index in [1.165, 1.54) is 0 Å². The van der Waals surface area contributed by atoms with Gasteiger partial charge in [0.05, 0.1) is 24.2 Å². The third-order valence-corrected chi connectivity index (χ3v) is 6.85. The van der Waals surface area contributed by atoms with E-state index in [4.69, 9.17) is 4.84 Å². The lowest BCUT2D eigenvalue weighted by atomic mass is 9.88. The highest BCUT2D eigenvalue weighted by Crippen LogP contribution is 2.34. The highest BCUT2D eigenvalue weighted by Gasteiger charge is 2.45. The molecule has 1 aromatic heterocycles. The number of carbonyl (C=O) groups excluding carboxylic acids is 1. The van der Waals surface area contributed by atoms with Crippen molar-refractivity contribution in [3.63, 3.8) is 0 Å². The second-order valence-electron chi connectivity index (χ2n) is 7.15. The van der Waals surface area contributed by atoms with E-state index in [1.54, 1.807) is 18.6 Å². The fraction of sp³-hybridized carbons (Fsp3) is 0.625. The fourth-order valence-electron chi connectivity index (χ4n) is 3.79. The molecule has 140 valence electrons. The Kier molecular flexibility index (Phi) is 4.29. The van der Waals surface area contributed by atoms with Crippen molar-refractivity contribution in [2.45, 2.75) is 37.3 Å². The second kappa shape index (κ2) is 6.49. The Morgan fingerprint density at radius 2 is 2.27 bits per heavy atom. The molecule has 1 N–H and O–H groups in total. The first-order chi connectivity index (χ1) is 12.4. The number of oxime groups is 1. The van der Waals surface area contributed by atoms with Gasteiger partial charge in [-0.25, -0.2) is 13.4 Å². The summed E-state index contributed by atoms with van der Waals surface area (Å²) in [4.78, 5) is 28.6. The fourth-order valence-corrected chi connectivity index (χ4v) is 5.46. The van der Waals surface area contributed by atoms with E-state index in [2.05, 4.69) is 25.3 Å². The second-order valence-corrected chi connectivity index (χ2v) is 9.38. The van der Waals surface area contributed by atoms with Gasteiger partial charge in [-0.3, -0.25) is 9.78 Å². The molecule has 3 aliphatic heterocycles. The zero-order valence-electron chi connectivity index (χ0n) is 14.3. The molecule has 1 aromatic rings. The number of piperidine rings is 1. The summed E-state index contributed by atoms with van der Waals surface area (Å²) in [6.07, 6.45) is 7.57. The Balaban J connectivity index is 1.38. The summed E-state index contributed by atoms with van der Waals surface area (Å²) in [7, 11) is -3.03. The molecule has 1 spiro atoms. The molecular formula is C16H21N5O4S. The predicted molar refractivity (Wildman–Crippen MR) is 94.5 cm³/mol. The van der Waals surface area contributed by atoms with Crippen LogP contribution in [0.2, 0.25) is 0 Å². The summed E-state index contributed by atoms with van der Waals surface area (Å²) in [6, 6.07) is -0.339. The minimum atomic E-state index is -3.03. The van der Waals surface area contributed by atoms with Crippen molar-refractivity contribution in [1.29, 1.82) is 0 Å². The molecule has 2 saturated heterocycles. The average Bonchev–Trinajstić information content (AvgIpc) is 3.19. The Morgan fingerprint density at radius 3 is 3.00 bits per heavy atom. The molecule has 9 nitrogen and oxygen atoms in total. The van der Waals surface area contributed by atoms with Crippen molar-refractivity contribution >= 4 is 27.3 Å². The van der Waals surface area contributed by atoms with Crippen LogP contribution in [0.15, 0.2) is 23.7 Å². The summed E-state index contributed by atoms with van der Waals surface area (Å²) < 4.78 is 23.1. The Morgan fingerprint density at radius 1 is 1.38 bits per heavy atom. The maximum Gasteiger partial charge on any atom is 0.269 e. The Bertz CT molecular complexity index is 828. The van der Waals surface area contributed by atoms with E-state index < -0.39 is 15.4 Å². The van der Waals surface area contributed by atoms with Gasteiger partial charge in [-0.05, 0) is 19.3 Å². The Labute approximate surface area is 151 Å². The van der Waals surface area contributed by atoms with Crippen LogP contribution < -0.4 is 10.2 Å². The molecule has 4 heterocycles. The van der Waals surface area contributed by atoms with Crippen LogP contribution in [0.4, 0.5) is 5.82 Å². The first kappa shape index (κ1) is 17.2. The van der Waals surface area contributed by atoms with Gasteiger partial charge in [-0.15, -0.1) is 0 Å². The quantitative estimate of drug-likeness (QED) is 0.780. The van der Waals surface area contributed by atoms with Gasteiger partial charge in [-0.1, -0.05) is 5.16 Å². The number of sulfone groups is 1. The van der Waals surface area contributed by atoms with E-state index in [0.717, 1.165) is 25.2 Å². The van der Waals surface area contributed by atoms with Crippen LogP contribution in [0.1, 0.15) is 25.7 Å². The molecule has 10 heteroatoms. The standard InChI is InChI=1S/C16H21N5O4S/c22-15(19-12-2-7-26(23,24)10-12)13-8-16(25-20-13)3-1-6-21(11-16)14-9-17-4-5-18-14/h4-5,9,12H,1-3,6-8,10-11H2,(H,19,22)/t12-,16-/m0/s1. The number of carbonyl (C=O) groups is 1. The van der Waals surface area contributed by atoms with Gasteiger partial charge in [-0.2, -0.15) is 0 Å². The van der Waals surface area contributed by atoms with Gasteiger partial charge in [0.2, 0.25) is 0 Å². The number of nitrogens with one attached hydrogen (secondary N) is 1. The van der Waals surface area contributed by atoms with E-state index >= 15 is 0 Å². The highest BCUT2D eigenvalue weighted by molar-refractivity contribution is 7.91. The molecule has 0 unspecified atom stereocenters. The maximum atomic E-state index is 12.4. The first-order valence-corrected chi connectivity index (χ1v) is 10.5. The number of anilines is 1. The third-order valence-electron chi connectivity index (χ3n) is 5.08. The van der Waals surface area contributed by atoms with Crippen LogP contribution in [-0.4, -0.2) is 66.2 Å². The van der Waals surface area contributed by atoms with Gasteiger partial charge >= 0.3 is 0 Å². The predicted octanol–water partition coefficient (Wildman–Crippen LogP) is -0.105. The van der Waals surface area contributed by atoms with Crippen LogP contribution in [-0.2, 0) is 19.5 Å². The number of hydrogen-bond acceptors (Lipinski definition) is 8. The van der Waals surface area contributed by atoms with Crippen LogP contribution in [0.3, 0.4) is 0 Å². The lowest BCUT2D eigenvalue weighted by Crippen LogP contribution is -2.49. The molecule has 0 radical (unpaired) electrons. The van der Waals surface area contributed by atoms with Crippen LogP contribution in [0.25, 0.3) is 0 Å². The van der Waals surface area contributed by atoms with Crippen molar-refractivity contribution in [1.82, 2.24) is 15.3 Å². The summed E-state index contributed by atoms with van der Waals surface area (Å²) in [5.41, 5.74) is -0.209. The number of aromatic nitrogens is 2. The van der Waals surface area contributed by atoms with Crippen molar-refractivity contribution in [3.05, 3.63) is 18.6 Å². The molecule has 1 amide bonds. The lowest BCUT2D eigenvalue weighted by molar-refractivity contribution is -0.115. The number of amides is 1. The summed E-state index contributed by atoms with van der Waals surface area (Å²) in [5.74, 6) is 0.570. The third kappa shape index (κ3) is 3.50. The van der Waals surface area contributed by atoms with Crippen LogP contribution in [0.5, 0.6) is 0 Å². The van der Waals surface area contributed by atoms with Gasteiger partial charge in [0.15, 0.2) is 15.4 Å². The molecule has 26 heavy (non-hydrogen) atoms.